The molecule has 0 aromatic carbocycles. The zero-order valence-corrected chi connectivity index (χ0v) is 13.7. The number of ether oxygens (including phenoxy) is 2. The van der Waals surface area contributed by atoms with E-state index in [1.165, 1.54) is 0 Å². The zero-order valence-electron chi connectivity index (χ0n) is 13.7. The number of carbonyl (C=O) groups excluding carboxylic acids is 1. The Hall–Kier alpha value is -0.610. The van der Waals surface area contributed by atoms with E-state index in [4.69, 9.17) is 9.47 Å². The molecule has 118 valence electrons. The van der Waals surface area contributed by atoms with Crippen molar-refractivity contribution in [1.82, 2.24) is 0 Å². The normalized spacial score (nSPS) is 22.9. The van der Waals surface area contributed by atoms with Gasteiger partial charge in [-0.3, -0.25) is 4.79 Å². The van der Waals surface area contributed by atoms with Gasteiger partial charge in [-0.2, -0.15) is 0 Å². The molecule has 1 aliphatic heterocycles. The molecule has 0 bridgehead atoms. The number of cyclic esters (lactones) is 1. The van der Waals surface area contributed by atoms with Crippen molar-refractivity contribution in [3.05, 3.63) is 0 Å². The summed E-state index contributed by atoms with van der Waals surface area (Å²) in [7, 11) is 0. The molecule has 3 atom stereocenters. The second-order valence-electron chi connectivity index (χ2n) is 7.75. The minimum Gasteiger partial charge on any atom is -0.459 e. The molecule has 0 aromatic heterocycles. The van der Waals surface area contributed by atoms with Crippen LogP contribution in [0.1, 0.15) is 60.8 Å². The maximum absolute atomic E-state index is 10.7. The van der Waals surface area contributed by atoms with E-state index in [2.05, 4.69) is 41.5 Å². The second kappa shape index (κ2) is 6.44. The van der Waals surface area contributed by atoms with Crippen molar-refractivity contribution < 1.29 is 19.4 Å². The maximum Gasteiger partial charge on any atom is 0.310 e. The molecule has 1 aliphatic rings. The van der Waals surface area contributed by atoms with E-state index in [-0.39, 0.29) is 35.4 Å². The summed E-state index contributed by atoms with van der Waals surface area (Å²) < 4.78 is 10.5. The number of hydrogen-bond donors (Lipinski definition) is 1. The first kappa shape index (κ1) is 17.4. The summed E-state index contributed by atoms with van der Waals surface area (Å²) in [6.07, 6.45) is 1.26. The SMILES string of the molecule is CCC(C)(C)C(CC(C)(C)C)C(O)OCC1CC(=O)O1. The minimum absolute atomic E-state index is 0.00296. The molecule has 1 N–H and O–H groups in total. The quantitative estimate of drug-likeness (QED) is 0.577. The van der Waals surface area contributed by atoms with E-state index >= 15 is 0 Å². The van der Waals surface area contributed by atoms with Crippen LogP contribution >= 0.6 is 0 Å². The number of aliphatic hydroxyl groups is 1. The number of carbonyl (C=O) groups is 1. The molecule has 4 heteroatoms. The molecule has 0 radical (unpaired) electrons. The predicted octanol–water partition coefficient (Wildman–Crippen LogP) is 3.13. The van der Waals surface area contributed by atoms with Gasteiger partial charge in [-0.25, -0.2) is 0 Å². The van der Waals surface area contributed by atoms with Crippen molar-refractivity contribution in [3.63, 3.8) is 0 Å². The Morgan fingerprint density at radius 1 is 1.35 bits per heavy atom. The summed E-state index contributed by atoms with van der Waals surface area (Å²) in [6.45, 7) is 13.3. The predicted molar refractivity (Wildman–Crippen MR) is 78.1 cm³/mol. The highest BCUT2D eigenvalue weighted by Gasteiger charge is 2.38. The highest BCUT2D eigenvalue weighted by Crippen LogP contribution is 2.41. The molecule has 20 heavy (non-hydrogen) atoms. The molecule has 4 nitrogen and oxygen atoms in total. The standard InChI is InChI=1S/C16H30O4/c1-7-16(5,6)12(9-15(2,3)4)14(18)19-10-11-8-13(17)20-11/h11-12,14,18H,7-10H2,1-6H3. The lowest BCUT2D eigenvalue weighted by Crippen LogP contribution is -2.42. The molecule has 1 saturated heterocycles. The lowest BCUT2D eigenvalue weighted by Gasteiger charge is -2.40. The smallest absolute Gasteiger partial charge is 0.310 e. The average molecular weight is 286 g/mol. The fourth-order valence-electron chi connectivity index (χ4n) is 2.46. The molecular weight excluding hydrogens is 256 g/mol. The van der Waals surface area contributed by atoms with Gasteiger partial charge in [0.25, 0.3) is 0 Å². The van der Waals surface area contributed by atoms with Crippen LogP contribution < -0.4 is 0 Å². The first-order chi connectivity index (χ1) is 9.05. The van der Waals surface area contributed by atoms with Crippen LogP contribution in [-0.2, 0) is 14.3 Å². The second-order valence-corrected chi connectivity index (χ2v) is 7.75. The summed E-state index contributed by atoms with van der Waals surface area (Å²) in [4.78, 5) is 10.7. The van der Waals surface area contributed by atoms with Gasteiger partial charge in [0.15, 0.2) is 6.29 Å². The van der Waals surface area contributed by atoms with Crippen molar-refractivity contribution in [2.45, 2.75) is 73.2 Å². The van der Waals surface area contributed by atoms with Crippen molar-refractivity contribution in [2.75, 3.05) is 6.61 Å². The highest BCUT2D eigenvalue weighted by atomic mass is 16.6. The third kappa shape index (κ3) is 5.06. The molecule has 1 rings (SSSR count). The van der Waals surface area contributed by atoms with Gasteiger partial charge >= 0.3 is 5.97 Å². The lowest BCUT2D eigenvalue weighted by atomic mass is 9.69. The number of aliphatic hydroxyl groups excluding tert-OH is 1. The van der Waals surface area contributed by atoms with Gasteiger partial charge in [0, 0.05) is 5.92 Å². The van der Waals surface area contributed by atoms with Crippen LogP contribution in [-0.4, -0.2) is 30.1 Å². The van der Waals surface area contributed by atoms with Crippen molar-refractivity contribution in [3.8, 4) is 0 Å². The van der Waals surface area contributed by atoms with Gasteiger partial charge in [0.1, 0.15) is 6.10 Å². The molecular formula is C16H30O4. The zero-order chi connectivity index (χ0) is 15.6. The fourth-order valence-corrected chi connectivity index (χ4v) is 2.46. The minimum atomic E-state index is -0.816. The molecule has 0 saturated carbocycles. The van der Waals surface area contributed by atoms with Crippen molar-refractivity contribution in [2.24, 2.45) is 16.7 Å². The number of rotatable bonds is 7. The average Bonchev–Trinajstić information content (AvgIpc) is 2.28. The summed E-state index contributed by atoms with van der Waals surface area (Å²) in [5.41, 5.74) is 0.132. The van der Waals surface area contributed by atoms with Crippen LogP contribution in [0.15, 0.2) is 0 Å². The van der Waals surface area contributed by atoms with E-state index in [0.717, 1.165) is 12.8 Å². The van der Waals surface area contributed by atoms with Gasteiger partial charge < -0.3 is 14.6 Å². The number of hydrogen-bond acceptors (Lipinski definition) is 4. The van der Waals surface area contributed by atoms with Gasteiger partial charge in [-0.1, -0.05) is 48.0 Å². The summed E-state index contributed by atoms with van der Waals surface area (Å²) >= 11 is 0. The molecule has 0 aliphatic carbocycles. The maximum atomic E-state index is 10.7. The Balaban J connectivity index is 2.59. The van der Waals surface area contributed by atoms with Crippen LogP contribution in [0.2, 0.25) is 0 Å². The van der Waals surface area contributed by atoms with Crippen LogP contribution in [0.25, 0.3) is 0 Å². The Morgan fingerprint density at radius 3 is 2.30 bits per heavy atom. The van der Waals surface area contributed by atoms with E-state index in [1.54, 1.807) is 0 Å². The summed E-state index contributed by atoms with van der Waals surface area (Å²) in [5, 5.41) is 10.4. The van der Waals surface area contributed by atoms with Gasteiger partial charge in [0.2, 0.25) is 0 Å². The Bertz CT molecular complexity index is 322. The molecule has 1 fully saturated rings. The summed E-state index contributed by atoms with van der Waals surface area (Å²) in [6, 6.07) is 0. The molecule has 0 amide bonds. The Labute approximate surface area is 122 Å². The molecule has 3 unspecified atom stereocenters. The van der Waals surface area contributed by atoms with Gasteiger partial charge in [-0.15, -0.1) is 0 Å². The van der Waals surface area contributed by atoms with Crippen molar-refractivity contribution >= 4 is 5.97 Å². The largest absolute Gasteiger partial charge is 0.459 e. The monoisotopic (exact) mass is 286 g/mol. The first-order valence-electron chi connectivity index (χ1n) is 7.54. The third-order valence-electron chi connectivity index (χ3n) is 4.24. The van der Waals surface area contributed by atoms with E-state index in [9.17, 15) is 9.90 Å². The van der Waals surface area contributed by atoms with Crippen molar-refractivity contribution in [1.29, 1.82) is 0 Å². The van der Waals surface area contributed by atoms with Crippen LogP contribution in [0, 0.1) is 16.7 Å². The lowest BCUT2D eigenvalue weighted by molar-refractivity contribution is -0.205. The van der Waals surface area contributed by atoms with Gasteiger partial charge in [-0.05, 0) is 17.3 Å². The van der Waals surface area contributed by atoms with E-state index < -0.39 is 6.29 Å². The van der Waals surface area contributed by atoms with E-state index in [1.807, 2.05) is 0 Å². The third-order valence-corrected chi connectivity index (χ3v) is 4.24. The van der Waals surface area contributed by atoms with Crippen LogP contribution in [0.3, 0.4) is 0 Å². The summed E-state index contributed by atoms with van der Waals surface area (Å²) in [5.74, 6) is -0.128. The first-order valence-corrected chi connectivity index (χ1v) is 7.54. The van der Waals surface area contributed by atoms with E-state index in [0.29, 0.717) is 6.42 Å². The highest BCUT2D eigenvalue weighted by molar-refractivity contribution is 5.75. The molecule has 0 spiro atoms. The topological polar surface area (TPSA) is 55.8 Å². The number of esters is 1. The van der Waals surface area contributed by atoms with Gasteiger partial charge in [0.05, 0.1) is 13.0 Å². The Kier molecular flexibility index (Phi) is 5.61. The Morgan fingerprint density at radius 2 is 1.90 bits per heavy atom. The molecule has 1 heterocycles. The van der Waals surface area contributed by atoms with Crippen LogP contribution in [0.5, 0.6) is 0 Å². The molecule has 0 aromatic rings. The fraction of sp³-hybridized carbons (Fsp3) is 0.938. The van der Waals surface area contributed by atoms with Crippen LogP contribution in [0.4, 0.5) is 0 Å².